The van der Waals surface area contributed by atoms with E-state index in [2.05, 4.69) is 31.1 Å². The minimum absolute atomic E-state index is 0.313. The summed E-state index contributed by atoms with van der Waals surface area (Å²) in [6.45, 7) is 0. The third kappa shape index (κ3) is 2.33. The molecule has 6 nitrogen and oxygen atoms in total. The Hall–Kier alpha value is -0.990. The summed E-state index contributed by atoms with van der Waals surface area (Å²) in [6.07, 6.45) is 1.57. The molecule has 0 fully saturated rings. The van der Waals surface area contributed by atoms with Crippen molar-refractivity contribution >= 4 is 35.7 Å². The SMILES string of the molecule is Cn1c(-c2ncccc2Br)nnc1S(=O)(=O)Cl. The second kappa shape index (κ2) is 4.35. The van der Waals surface area contributed by atoms with Gasteiger partial charge in [0.2, 0.25) is 0 Å². The van der Waals surface area contributed by atoms with E-state index in [4.69, 9.17) is 10.7 Å². The summed E-state index contributed by atoms with van der Waals surface area (Å²) in [7, 11) is 2.81. The molecule has 2 aromatic heterocycles. The molecular formula is C8H6BrClN4O2S. The number of hydrogen-bond donors (Lipinski definition) is 0. The maximum absolute atomic E-state index is 11.2. The molecule has 0 aliphatic heterocycles. The zero-order valence-corrected chi connectivity index (χ0v) is 11.7. The van der Waals surface area contributed by atoms with Crippen molar-refractivity contribution in [3.8, 4) is 11.5 Å². The molecule has 0 saturated heterocycles. The molecule has 2 heterocycles. The van der Waals surface area contributed by atoms with E-state index in [0.29, 0.717) is 16.0 Å². The molecule has 90 valence electrons. The molecule has 0 saturated carbocycles. The van der Waals surface area contributed by atoms with Crippen LogP contribution in [0.2, 0.25) is 0 Å². The molecule has 0 unspecified atom stereocenters. The van der Waals surface area contributed by atoms with E-state index >= 15 is 0 Å². The fraction of sp³-hybridized carbons (Fsp3) is 0.125. The van der Waals surface area contributed by atoms with Crippen LogP contribution in [0.15, 0.2) is 28.0 Å². The smallest absolute Gasteiger partial charge is 0.296 e. The lowest BCUT2D eigenvalue weighted by Crippen LogP contribution is -2.03. The second-order valence-corrected chi connectivity index (χ2v) is 6.45. The highest BCUT2D eigenvalue weighted by molar-refractivity contribution is 9.10. The van der Waals surface area contributed by atoms with Crippen molar-refractivity contribution in [2.24, 2.45) is 7.05 Å². The van der Waals surface area contributed by atoms with Crippen LogP contribution < -0.4 is 0 Å². The van der Waals surface area contributed by atoms with Crippen LogP contribution in [-0.4, -0.2) is 28.2 Å². The summed E-state index contributed by atoms with van der Waals surface area (Å²) in [5.41, 5.74) is 0.495. The highest BCUT2D eigenvalue weighted by Crippen LogP contribution is 2.25. The van der Waals surface area contributed by atoms with Crippen LogP contribution in [0.4, 0.5) is 0 Å². The third-order valence-electron chi connectivity index (χ3n) is 2.02. The Morgan fingerprint density at radius 1 is 1.41 bits per heavy atom. The molecule has 0 atom stereocenters. The number of aromatic nitrogens is 4. The zero-order chi connectivity index (χ0) is 12.6. The third-order valence-corrected chi connectivity index (χ3v) is 3.87. The average molecular weight is 338 g/mol. The van der Waals surface area contributed by atoms with Crippen LogP contribution in [0.1, 0.15) is 0 Å². The minimum Gasteiger partial charge on any atom is -0.299 e. The number of halogens is 2. The molecule has 0 aromatic carbocycles. The first kappa shape index (κ1) is 12.5. The van der Waals surface area contributed by atoms with Gasteiger partial charge in [0, 0.05) is 28.4 Å². The zero-order valence-electron chi connectivity index (χ0n) is 8.50. The standard InChI is InChI=1S/C8H6BrClN4O2S/c1-14-7(6-5(9)3-2-4-11-6)12-13-8(14)17(10,15)16/h2-4H,1H3. The molecule has 0 bridgehead atoms. The van der Waals surface area contributed by atoms with Gasteiger partial charge in [0.05, 0.1) is 0 Å². The van der Waals surface area contributed by atoms with E-state index in [1.54, 1.807) is 18.3 Å². The van der Waals surface area contributed by atoms with Gasteiger partial charge in [0.1, 0.15) is 5.69 Å². The number of pyridine rings is 1. The maximum atomic E-state index is 11.2. The Balaban J connectivity index is 2.64. The molecule has 2 rings (SSSR count). The van der Waals surface area contributed by atoms with Gasteiger partial charge in [-0.25, -0.2) is 8.42 Å². The average Bonchev–Trinajstić information content (AvgIpc) is 2.60. The van der Waals surface area contributed by atoms with Crippen LogP contribution in [0.3, 0.4) is 0 Å². The van der Waals surface area contributed by atoms with Crippen molar-refractivity contribution in [2.75, 3.05) is 0 Å². The molecule has 0 aliphatic rings. The molecule has 0 spiro atoms. The second-order valence-electron chi connectivity index (χ2n) is 3.14. The van der Waals surface area contributed by atoms with Gasteiger partial charge in [-0.1, -0.05) is 0 Å². The fourth-order valence-corrected chi connectivity index (χ4v) is 2.67. The lowest BCUT2D eigenvalue weighted by molar-refractivity contribution is 0.593. The minimum atomic E-state index is -3.92. The lowest BCUT2D eigenvalue weighted by atomic mass is 10.3. The summed E-state index contributed by atoms with van der Waals surface area (Å²) in [6, 6.07) is 3.51. The Morgan fingerprint density at radius 2 is 2.12 bits per heavy atom. The number of nitrogens with zero attached hydrogens (tertiary/aromatic N) is 4. The van der Waals surface area contributed by atoms with Crippen molar-refractivity contribution in [2.45, 2.75) is 5.16 Å². The van der Waals surface area contributed by atoms with Gasteiger partial charge < -0.3 is 0 Å². The molecular weight excluding hydrogens is 332 g/mol. The number of hydrogen-bond acceptors (Lipinski definition) is 5. The van der Waals surface area contributed by atoms with Crippen molar-refractivity contribution in [3.05, 3.63) is 22.8 Å². The molecule has 0 radical (unpaired) electrons. The van der Waals surface area contributed by atoms with Crippen molar-refractivity contribution in [1.82, 2.24) is 19.7 Å². The molecule has 17 heavy (non-hydrogen) atoms. The van der Waals surface area contributed by atoms with Gasteiger partial charge in [0.15, 0.2) is 5.82 Å². The normalized spacial score (nSPS) is 11.7. The van der Waals surface area contributed by atoms with Crippen LogP contribution in [-0.2, 0) is 16.1 Å². The first-order valence-electron chi connectivity index (χ1n) is 4.36. The van der Waals surface area contributed by atoms with Gasteiger partial charge in [-0.05, 0) is 28.1 Å². The van der Waals surface area contributed by atoms with Gasteiger partial charge in [-0.2, -0.15) is 0 Å². The first-order chi connectivity index (χ1) is 7.91. The van der Waals surface area contributed by atoms with E-state index in [-0.39, 0.29) is 5.16 Å². The van der Waals surface area contributed by atoms with Gasteiger partial charge >= 0.3 is 0 Å². The topological polar surface area (TPSA) is 77.7 Å². The van der Waals surface area contributed by atoms with E-state index in [1.165, 1.54) is 11.6 Å². The van der Waals surface area contributed by atoms with Crippen LogP contribution in [0.25, 0.3) is 11.5 Å². The summed E-state index contributed by atoms with van der Waals surface area (Å²) in [5.74, 6) is 0.316. The predicted molar refractivity (Wildman–Crippen MR) is 65.0 cm³/mol. The van der Waals surface area contributed by atoms with Crippen LogP contribution in [0.5, 0.6) is 0 Å². The maximum Gasteiger partial charge on any atom is 0.296 e. The van der Waals surface area contributed by atoms with E-state index in [9.17, 15) is 8.42 Å². The summed E-state index contributed by atoms with van der Waals surface area (Å²) in [4.78, 5) is 4.10. The Labute approximate surface area is 110 Å². The highest BCUT2D eigenvalue weighted by Gasteiger charge is 2.22. The van der Waals surface area contributed by atoms with Gasteiger partial charge in [0.25, 0.3) is 14.2 Å². The highest BCUT2D eigenvalue weighted by atomic mass is 79.9. The first-order valence-corrected chi connectivity index (χ1v) is 7.46. The van der Waals surface area contributed by atoms with Gasteiger partial charge in [-0.3, -0.25) is 9.55 Å². The lowest BCUT2D eigenvalue weighted by Gasteiger charge is -2.02. The van der Waals surface area contributed by atoms with Crippen LogP contribution in [0, 0.1) is 0 Å². The quantitative estimate of drug-likeness (QED) is 0.777. The van der Waals surface area contributed by atoms with E-state index in [1.807, 2.05) is 0 Å². The Morgan fingerprint density at radius 3 is 2.65 bits per heavy atom. The van der Waals surface area contributed by atoms with Crippen LogP contribution >= 0.6 is 26.6 Å². The molecule has 0 amide bonds. The molecule has 0 aliphatic carbocycles. The van der Waals surface area contributed by atoms with E-state index < -0.39 is 9.05 Å². The van der Waals surface area contributed by atoms with Crippen molar-refractivity contribution in [1.29, 1.82) is 0 Å². The Kier molecular flexibility index (Phi) is 3.19. The fourth-order valence-electron chi connectivity index (χ4n) is 1.28. The van der Waals surface area contributed by atoms with Crippen molar-refractivity contribution < 1.29 is 8.42 Å². The van der Waals surface area contributed by atoms with Crippen molar-refractivity contribution in [3.63, 3.8) is 0 Å². The largest absolute Gasteiger partial charge is 0.299 e. The summed E-state index contributed by atoms with van der Waals surface area (Å²) >= 11 is 3.30. The number of rotatable bonds is 2. The summed E-state index contributed by atoms with van der Waals surface area (Å²) in [5, 5.41) is 6.99. The van der Waals surface area contributed by atoms with Gasteiger partial charge in [-0.15, -0.1) is 10.2 Å². The van der Waals surface area contributed by atoms with E-state index in [0.717, 1.165) is 0 Å². The monoisotopic (exact) mass is 336 g/mol. The molecule has 9 heteroatoms. The summed E-state index contributed by atoms with van der Waals surface area (Å²) < 4.78 is 24.3. The predicted octanol–water partition coefficient (Wildman–Crippen LogP) is 1.57. The Bertz CT molecular complexity index is 670. The molecule has 2 aromatic rings. The molecule has 0 N–H and O–H groups in total.